The van der Waals surface area contributed by atoms with Crippen LogP contribution in [0.25, 0.3) is 11.3 Å². The summed E-state index contributed by atoms with van der Waals surface area (Å²) >= 11 is 0. The van der Waals surface area contributed by atoms with Gasteiger partial charge in [-0.2, -0.15) is 0 Å². The molecule has 0 unspecified atom stereocenters. The number of benzene rings is 1. The van der Waals surface area contributed by atoms with E-state index in [1.54, 1.807) is 19.1 Å². The molecule has 0 saturated carbocycles. The first-order chi connectivity index (χ1) is 11.5. The molecule has 0 fully saturated rings. The van der Waals surface area contributed by atoms with Crippen molar-refractivity contribution in [3.05, 3.63) is 41.3 Å². The van der Waals surface area contributed by atoms with Crippen LogP contribution in [0, 0.1) is 0 Å². The maximum absolute atomic E-state index is 11.7. The number of carbonyl (C=O) groups is 1. The van der Waals surface area contributed by atoms with E-state index in [-0.39, 0.29) is 17.6 Å². The van der Waals surface area contributed by atoms with E-state index in [1.165, 1.54) is 0 Å². The van der Waals surface area contributed by atoms with Crippen LogP contribution in [0.2, 0.25) is 0 Å². The van der Waals surface area contributed by atoms with Gasteiger partial charge in [0.05, 0.1) is 5.69 Å². The summed E-state index contributed by atoms with van der Waals surface area (Å²) < 4.78 is 0. The zero-order valence-electron chi connectivity index (χ0n) is 14.4. The lowest BCUT2D eigenvalue weighted by Gasteiger charge is -2.17. The lowest BCUT2D eigenvalue weighted by molar-refractivity contribution is -0.128. The Balaban J connectivity index is 2.10. The molecule has 0 radical (unpaired) electrons. The van der Waals surface area contributed by atoms with Gasteiger partial charge in [0.1, 0.15) is 11.6 Å². The second-order valence-electron chi connectivity index (χ2n) is 6.56. The number of fused-ring (bicyclic) bond motifs is 1. The molecule has 24 heavy (non-hydrogen) atoms. The van der Waals surface area contributed by atoms with E-state index >= 15 is 0 Å². The Kier molecular flexibility index (Phi) is 4.51. The summed E-state index contributed by atoms with van der Waals surface area (Å²) in [5.41, 5.74) is 4.06. The van der Waals surface area contributed by atoms with E-state index in [4.69, 9.17) is 9.97 Å². The van der Waals surface area contributed by atoms with Gasteiger partial charge in [-0.25, -0.2) is 9.97 Å². The Morgan fingerprint density at radius 2 is 1.79 bits per heavy atom. The highest BCUT2D eigenvalue weighted by Crippen LogP contribution is 2.29. The maximum Gasteiger partial charge on any atom is 0.219 e. The number of hydrogen-bond donors (Lipinski definition) is 1. The molecule has 0 saturated heterocycles. The Morgan fingerprint density at radius 1 is 1.12 bits per heavy atom. The van der Waals surface area contributed by atoms with Crippen LogP contribution in [0.5, 0.6) is 5.75 Å². The Labute approximate surface area is 142 Å². The summed E-state index contributed by atoms with van der Waals surface area (Å²) in [4.78, 5) is 23.2. The Hall–Kier alpha value is -2.43. The molecule has 2 heterocycles. The minimum atomic E-state index is 0.103. The van der Waals surface area contributed by atoms with E-state index in [0.29, 0.717) is 13.1 Å². The molecule has 1 aliphatic rings. The fourth-order valence-electron chi connectivity index (χ4n) is 3.05. The summed E-state index contributed by atoms with van der Waals surface area (Å²) in [6, 6.07) is 7.13. The molecule has 2 aromatic rings. The maximum atomic E-state index is 11.7. The molecule has 1 N–H and O–H groups in total. The van der Waals surface area contributed by atoms with Gasteiger partial charge in [0.25, 0.3) is 0 Å². The van der Waals surface area contributed by atoms with Gasteiger partial charge in [0.15, 0.2) is 0 Å². The molecule has 0 atom stereocenters. The fourth-order valence-corrected chi connectivity index (χ4v) is 3.05. The highest BCUT2D eigenvalue weighted by molar-refractivity contribution is 5.73. The number of carbonyl (C=O) groups excluding carboxylic acids is 1. The molecule has 0 spiro atoms. The standard InChI is InChI=1S/C19H23N3O2/c1-12(2)19-20-17-9-11-22(13(3)23)10-8-16(17)18(21-19)14-4-6-15(24)7-5-14/h4-7,12,24H,8-11H2,1-3H3. The third-order valence-corrected chi connectivity index (χ3v) is 4.46. The monoisotopic (exact) mass is 325 g/mol. The fraction of sp³-hybridized carbons (Fsp3) is 0.421. The minimum absolute atomic E-state index is 0.103. The van der Waals surface area contributed by atoms with Crippen LogP contribution in [0.3, 0.4) is 0 Å². The molecule has 1 aromatic carbocycles. The highest BCUT2D eigenvalue weighted by atomic mass is 16.3. The predicted molar refractivity (Wildman–Crippen MR) is 92.9 cm³/mol. The minimum Gasteiger partial charge on any atom is -0.508 e. The van der Waals surface area contributed by atoms with Gasteiger partial charge in [-0.1, -0.05) is 13.8 Å². The summed E-state index contributed by atoms with van der Waals surface area (Å²) in [6.45, 7) is 7.17. The van der Waals surface area contributed by atoms with Gasteiger partial charge in [0, 0.05) is 49.2 Å². The van der Waals surface area contributed by atoms with Gasteiger partial charge in [0.2, 0.25) is 5.91 Å². The van der Waals surface area contributed by atoms with Crippen molar-refractivity contribution in [2.24, 2.45) is 0 Å². The van der Waals surface area contributed by atoms with Crippen LogP contribution in [0.1, 0.15) is 43.8 Å². The second kappa shape index (κ2) is 6.59. The van der Waals surface area contributed by atoms with E-state index in [9.17, 15) is 9.90 Å². The molecule has 1 aromatic heterocycles. The molecular weight excluding hydrogens is 302 g/mol. The third-order valence-electron chi connectivity index (χ3n) is 4.46. The van der Waals surface area contributed by atoms with Crippen molar-refractivity contribution in [3.63, 3.8) is 0 Å². The van der Waals surface area contributed by atoms with Crippen LogP contribution < -0.4 is 0 Å². The molecule has 0 aliphatic carbocycles. The molecule has 5 heteroatoms. The number of nitrogens with zero attached hydrogens (tertiary/aromatic N) is 3. The number of rotatable bonds is 2. The quantitative estimate of drug-likeness (QED) is 0.922. The second-order valence-corrected chi connectivity index (χ2v) is 6.56. The van der Waals surface area contributed by atoms with Crippen LogP contribution in [0.15, 0.2) is 24.3 Å². The van der Waals surface area contributed by atoms with E-state index in [2.05, 4.69) is 13.8 Å². The van der Waals surface area contributed by atoms with Crippen molar-refractivity contribution in [1.29, 1.82) is 0 Å². The number of aromatic hydroxyl groups is 1. The van der Waals surface area contributed by atoms with E-state index in [1.807, 2.05) is 17.0 Å². The average molecular weight is 325 g/mol. The van der Waals surface area contributed by atoms with Crippen molar-refractivity contribution in [2.45, 2.75) is 39.5 Å². The number of phenols is 1. The largest absolute Gasteiger partial charge is 0.508 e. The average Bonchev–Trinajstić information content (AvgIpc) is 2.77. The molecule has 126 valence electrons. The summed E-state index contributed by atoms with van der Waals surface area (Å²) in [5, 5.41) is 9.55. The smallest absolute Gasteiger partial charge is 0.219 e. The number of hydrogen-bond acceptors (Lipinski definition) is 4. The third kappa shape index (κ3) is 3.25. The lowest BCUT2D eigenvalue weighted by atomic mass is 10.00. The van der Waals surface area contributed by atoms with Crippen LogP contribution in [-0.2, 0) is 17.6 Å². The van der Waals surface area contributed by atoms with Crippen LogP contribution in [0.4, 0.5) is 0 Å². The summed E-state index contributed by atoms with van der Waals surface area (Å²) in [7, 11) is 0. The van der Waals surface area contributed by atoms with Gasteiger partial charge >= 0.3 is 0 Å². The molecule has 5 nitrogen and oxygen atoms in total. The Morgan fingerprint density at radius 3 is 2.42 bits per heavy atom. The van der Waals surface area contributed by atoms with E-state index < -0.39 is 0 Å². The van der Waals surface area contributed by atoms with Crippen molar-refractivity contribution < 1.29 is 9.90 Å². The SMILES string of the molecule is CC(=O)N1CCc2nc(C(C)C)nc(-c3ccc(O)cc3)c2CC1. The zero-order chi connectivity index (χ0) is 17.3. The lowest BCUT2D eigenvalue weighted by Crippen LogP contribution is -2.31. The zero-order valence-corrected chi connectivity index (χ0v) is 14.4. The number of phenolic OH excluding ortho intramolecular Hbond substituents is 1. The highest BCUT2D eigenvalue weighted by Gasteiger charge is 2.22. The number of aromatic nitrogens is 2. The van der Waals surface area contributed by atoms with Crippen LogP contribution >= 0.6 is 0 Å². The number of amides is 1. The summed E-state index contributed by atoms with van der Waals surface area (Å²) in [6.07, 6.45) is 1.51. The van der Waals surface area contributed by atoms with Gasteiger partial charge in [-0.05, 0) is 30.7 Å². The first-order valence-corrected chi connectivity index (χ1v) is 8.40. The molecule has 1 aliphatic heterocycles. The molecule has 3 rings (SSSR count). The normalized spacial score (nSPS) is 14.4. The molecule has 1 amide bonds. The van der Waals surface area contributed by atoms with E-state index in [0.717, 1.165) is 41.2 Å². The van der Waals surface area contributed by atoms with Gasteiger partial charge in [-0.3, -0.25) is 4.79 Å². The van der Waals surface area contributed by atoms with Gasteiger partial charge < -0.3 is 10.0 Å². The van der Waals surface area contributed by atoms with Crippen molar-refractivity contribution in [2.75, 3.05) is 13.1 Å². The topological polar surface area (TPSA) is 66.3 Å². The Bertz CT molecular complexity index is 754. The predicted octanol–water partition coefficient (Wildman–Crippen LogP) is 2.92. The van der Waals surface area contributed by atoms with Crippen molar-refractivity contribution in [1.82, 2.24) is 14.9 Å². The van der Waals surface area contributed by atoms with Gasteiger partial charge in [-0.15, -0.1) is 0 Å². The van der Waals surface area contributed by atoms with Crippen LogP contribution in [-0.4, -0.2) is 39.0 Å². The van der Waals surface area contributed by atoms with Crippen molar-refractivity contribution >= 4 is 5.91 Å². The first-order valence-electron chi connectivity index (χ1n) is 8.40. The summed E-state index contributed by atoms with van der Waals surface area (Å²) in [5.74, 6) is 1.41. The first kappa shape index (κ1) is 16.4. The van der Waals surface area contributed by atoms with Crippen molar-refractivity contribution in [3.8, 4) is 17.0 Å². The molecular formula is C19H23N3O2. The molecule has 0 bridgehead atoms.